The van der Waals surface area contributed by atoms with E-state index in [1.54, 1.807) is 45.2 Å². The monoisotopic (exact) mass is 475 g/mol. The fourth-order valence-corrected chi connectivity index (χ4v) is 6.25. The van der Waals surface area contributed by atoms with Gasteiger partial charge in [-0.05, 0) is 68.7 Å². The summed E-state index contributed by atoms with van der Waals surface area (Å²) in [6.45, 7) is 7.33. The summed E-state index contributed by atoms with van der Waals surface area (Å²) in [5.74, 6) is -2.50. The fourth-order valence-electron chi connectivity index (χ4n) is 6.25. The zero-order chi connectivity index (χ0) is 25.2. The van der Waals surface area contributed by atoms with Crippen LogP contribution >= 0.6 is 0 Å². The Bertz CT molecular complexity index is 1240. The van der Waals surface area contributed by atoms with Gasteiger partial charge in [-0.15, -0.1) is 0 Å². The molecule has 35 heavy (non-hydrogen) atoms. The van der Waals surface area contributed by atoms with Gasteiger partial charge in [0.2, 0.25) is 17.7 Å². The number of hydrogen-bond acceptors (Lipinski definition) is 5. The molecule has 182 valence electrons. The van der Waals surface area contributed by atoms with Crippen LogP contribution in [0.3, 0.4) is 0 Å². The molecule has 3 heterocycles. The SMILES string of the molecule is CCN1C(=O)[C@H]2[C@@H](c3ccc(OC)cc3)N3C(=O)CN(c4cc(C)cc(C)c4)C(=O)[C@@]3(C)[C@H]2C1=O. The van der Waals surface area contributed by atoms with Crippen LogP contribution in [0, 0.1) is 25.7 Å². The first-order valence-corrected chi connectivity index (χ1v) is 11.8. The molecule has 5 rings (SSSR count). The van der Waals surface area contributed by atoms with Gasteiger partial charge in [-0.25, -0.2) is 0 Å². The van der Waals surface area contributed by atoms with Gasteiger partial charge in [0.15, 0.2) is 0 Å². The Balaban J connectivity index is 1.67. The number of carbonyl (C=O) groups excluding carboxylic acids is 4. The van der Waals surface area contributed by atoms with Crippen molar-refractivity contribution in [3.05, 3.63) is 59.2 Å². The van der Waals surface area contributed by atoms with Crippen molar-refractivity contribution in [3.63, 3.8) is 0 Å². The Kier molecular flexibility index (Phi) is 5.23. The maximum atomic E-state index is 14.2. The number of likely N-dealkylation sites (tertiary alicyclic amines) is 1. The van der Waals surface area contributed by atoms with E-state index >= 15 is 0 Å². The lowest BCUT2D eigenvalue weighted by Crippen LogP contribution is -2.68. The zero-order valence-corrected chi connectivity index (χ0v) is 20.6. The molecule has 0 spiro atoms. The minimum Gasteiger partial charge on any atom is -0.497 e. The summed E-state index contributed by atoms with van der Waals surface area (Å²) in [6.07, 6.45) is 0. The van der Waals surface area contributed by atoms with Crippen molar-refractivity contribution >= 4 is 29.3 Å². The van der Waals surface area contributed by atoms with E-state index in [1.165, 1.54) is 14.7 Å². The number of piperazine rings is 1. The van der Waals surface area contributed by atoms with Crippen LogP contribution in [0.4, 0.5) is 5.69 Å². The molecule has 4 amide bonds. The van der Waals surface area contributed by atoms with Crippen molar-refractivity contribution < 1.29 is 23.9 Å². The number of anilines is 1. The summed E-state index contributed by atoms with van der Waals surface area (Å²) >= 11 is 0. The number of amides is 4. The highest BCUT2D eigenvalue weighted by Crippen LogP contribution is 2.57. The van der Waals surface area contributed by atoms with Gasteiger partial charge in [0, 0.05) is 12.2 Å². The van der Waals surface area contributed by atoms with E-state index in [0.717, 1.165) is 11.1 Å². The van der Waals surface area contributed by atoms with E-state index < -0.39 is 29.3 Å². The second kappa shape index (κ2) is 7.93. The second-order valence-electron chi connectivity index (χ2n) is 9.79. The summed E-state index contributed by atoms with van der Waals surface area (Å²) in [5, 5.41) is 0. The number of benzene rings is 2. The summed E-state index contributed by atoms with van der Waals surface area (Å²) in [6, 6.07) is 12.1. The number of carbonyl (C=O) groups is 4. The molecule has 3 saturated heterocycles. The van der Waals surface area contributed by atoms with E-state index in [4.69, 9.17) is 4.74 Å². The predicted octanol–water partition coefficient (Wildman–Crippen LogP) is 2.62. The van der Waals surface area contributed by atoms with Crippen molar-refractivity contribution in [3.8, 4) is 5.75 Å². The summed E-state index contributed by atoms with van der Waals surface area (Å²) in [4.78, 5) is 59.2. The molecule has 3 fully saturated rings. The average Bonchev–Trinajstić information content (AvgIpc) is 3.25. The Morgan fingerprint density at radius 2 is 1.60 bits per heavy atom. The van der Waals surface area contributed by atoms with Crippen LogP contribution in [0.2, 0.25) is 0 Å². The predicted molar refractivity (Wildman–Crippen MR) is 129 cm³/mol. The lowest BCUT2D eigenvalue weighted by atomic mass is 9.79. The van der Waals surface area contributed by atoms with Crippen molar-refractivity contribution in [2.45, 2.75) is 39.3 Å². The van der Waals surface area contributed by atoms with Crippen LogP contribution in [0.5, 0.6) is 5.75 Å². The number of rotatable bonds is 4. The minimum absolute atomic E-state index is 0.150. The molecule has 0 aromatic heterocycles. The molecule has 0 radical (unpaired) electrons. The molecule has 8 heteroatoms. The quantitative estimate of drug-likeness (QED) is 0.635. The van der Waals surface area contributed by atoms with Crippen molar-refractivity contribution in [1.29, 1.82) is 0 Å². The Morgan fingerprint density at radius 3 is 2.17 bits per heavy atom. The smallest absolute Gasteiger partial charge is 0.254 e. The van der Waals surface area contributed by atoms with Crippen LogP contribution in [0.15, 0.2) is 42.5 Å². The normalized spacial score (nSPS) is 28.0. The molecule has 8 nitrogen and oxygen atoms in total. The molecular formula is C27H29N3O5. The van der Waals surface area contributed by atoms with Crippen molar-refractivity contribution in [2.75, 3.05) is 25.1 Å². The molecule has 0 aliphatic carbocycles. The molecule has 2 aromatic rings. The number of imide groups is 1. The molecule has 2 aromatic carbocycles. The van der Waals surface area contributed by atoms with Gasteiger partial charge in [-0.2, -0.15) is 0 Å². The van der Waals surface area contributed by atoms with Gasteiger partial charge in [0.25, 0.3) is 5.91 Å². The van der Waals surface area contributed by atoms with Crippen molar-refractivity contribution in [1.82, 2.24) is 9.80 Å². The number of nitrogens with zero attached hydrogens (tertiary/aromatic N) is 3. The topological polar surface area (TPSA) is 87.2 Å². The molecule has 3 aliphatic heterocycles. The average molecular weight is 476 g/mol. The minimum atomic E-state index is -1.49. The highest BCUT2D eigenvalue weighted by atomic mass is 16.5. The number of aryl methyl sites for hydroxylation is 2. The second-order valence-corrected chi connectivity index (χ2v) is 9.79. The van der Waals surface area contributed by atoms with Crippen LogP contribution < -0.4 is 9.64 Å². The number of methoxy groups -OCH3 is 1. The van der Waals surface area contributed by atoms with Gasteiger partial charge in [0.1, 0.15) is 17.8 Å². The van der Waals surface area contributed by atoms with Crippen LogP contribution in [0.25, 0.3) is 0 Å². The lowest BCUT2D eigenvalue weighted by molar-refractivity contribution is -0.155. The Morgan fingerprint density at radius 1 is 0.971 bits per heavy atom. The van der Waals surface area contributed by atoms with Crippen molar-refractivity contribution in [2.24, 2.45) is 11.8 Å². The summed E-state index contributed by atoms with van der Waals surface area (Å²) < 4.78 is 5.27. The van der Waals surface area contributed by atoms with Crippen LogP contribution in [0.1, 0.15) is 36.6 Å². The molecular weight excluding hydrogens is 446 g/mol. The maximum Gasteiger partial charge on any atom is 0.254 e. The van der Waals surface area contributed by atoms with Gasteiger partial charge in [-0.1, -0.05) is 18.2 Å². The molecule has 0 N–H and O–H groups in total. The van der Waals surface area contributed by atoms with E-state index in [9.17, 15) is 19.2 Å². The number of fused-ring (bicyclic) bond motifs is 3. The summed E-state index contributed by atoms with van der Waals surface area (Å²) in [7, 11) is 1.56. The lowest BCUT2D eigenvalue weighted by Gasteiger charge is -2.47. The molecule has 0 saturated carbocycles. The molecule has 3 aliphatic rings. The largest absolute Gasteiger partial charge is 0.497 e. The van der Waals surface area contributed by atoms with Gasteiger partial charge < -0.3 is 14.5 Å². The van der Waals surface area contributed by atoms with Crippen LogP contribution in [-0.4, -0.2) is 59.2 Å². The first-order valence-electron chi connectivity index (χ1n) is 11.8. The third-order valence-electron chi connectivity index (χ3n) is 7.70. The Labute approximate surface area is 204 Å². The van der Waals surface area contributed by atoms with E-state index in [2.05, 4.69) is 0 Å². The highest BCUT2D eigenvalue weighted by molar-refractivity contribution is 6.16. The van der Waals surface area contributed by atoms with E-state index in [-0.39, 0.29) is 30.8 Å². The first kappa shape index (κ1) is 23.1. The van der Waals surface area contributed by atoms with Gasteiger partial charge >= 0.3 is 0 Å². The standard InChI is InChI=1S/C27H29N3O5/c1-6-28-24(32)21-22(25(28)33)27(4)26(34)29(18-12-15(2)11-16(3)13-18)14-20(31)30(27)23(21)17-7-9-19(35-5)10-8-17/h7-13,21-23H,6,14H2,1-5H3/t21-,22-,23-,27-/m1/s1. The van der Waals surface area contributed by atoms with E-state index in [1.807, 2.05) is 32.0 Å². The Hall–Kier alpha value is -3.68. The third-order valence-corrected chi connectivity index (χ3v) is 7.70. The number of ether oxygens (including phenoxy) is 1. The number of hydrogen-bond donors (Lipinski definition) is 0. The third kappa shape index (κ3) is 3.12. The summed E-state index contributed by atoms with van der Waals surface area (Å²) in [5.41, 5.74) is 1.77. The highest BCUT2D eigenvalue weighted by Gasteiger charge is 2.72. The fraction of sp³-hybridized carbons (Fsp3) is 0.407. The first-order chi connectivity index (χ1) is 16.6. The van der Waals surface area contributed by atoms with Gasteiger partial charge in [-0.3, -0.25) is 24.1 Å². The molecule has 0 unspecified atom stereocenters. The van der Waals surface area contributed by atoms with Gasteiger partial charge in [0.05, 0.1) is 25.0 Å². The maximum absolute atomic E-state index is 14.2. The van der Waals surface area contributed by atoms with E-state index in [0.29, 0.717) is 17.0 Å². The molecule has 0 bridgehead atoms. The zero-order valence-electron chi connectivity index (χ0n) is 20.6. The molecule has 4 atom stereocenters. The van der Waals surface area contributed by atoms with Crippen LogP contribution in [-0.2, 0) is 19.2 Å².